The van der Waals surface area contributed by atoms with E-state index in [1.54, 1.807) is 6.20 Å². The summed E-state index contributed by atoms with van der Waals surface area (Å²) in [5.41, 5.74) is 2.61. The molecule has 7 nitrogen and oxygen atoms in total. The van der Waals surface area contributed by atoms with Gasteiger partial charge in [0.1, 0.15) is 24.5 Å². The second-order valence-electron chi connectivity index (χ2n) is 4.37. The zero-order chi connectivity index (χ0) is 13.9. The van der Waals surface area contributed by atoms with E-state index in [9.17, 15) is 4.79 Å². The van der Waals surface area contributed by atoms with Crippen LogP contribution in [0.15, 0.2) is 24.7 Å². The number of rotatable bonds is 3. The maximum absolute atomic E-state index is 10.7. The average molecular weight is 271 g/mol. The lowest BCUT2D eigenvalue weighted by Crippen LogP contribution is -2.15. The van der Waals surface area contributed by atoms with Gasteiger partial charge in [-0.15, -0.1) is 0 Å². The molecular formula is C13H13N5O2. The van der Waals surface area contributed by atoms with Gasteiger partial charge in [-0.05, 0) is 18.6 Å². The van der Waals surface area contributed by atoms with Crippen LogP contribution in [0.2, 0.25) is 0 Å². The Labute approximate surface area is 115 Å². The Morgan fingerprint density at radius 1 is 1.40 bits per heavy atom. The molecule has 3 rings (SSSR count). The van der Waals surface area contributed by atoms with Crippen LogP contribution in [-0.4, -0.2) is 39.1 Å². The van der Waals surface area contributed by atoms with Crippen LogP contribution in [0.3, 0.4) is 0 Å². The molecule has 3 heterocycles. The van der Waals surface area contributed by atoms with E-state index in [4.69, 9.17) is 5.11 Å². The van der Waals surface area contributed by atoms with Gasteiger partial charge in [0.15, 0.2) is 0 Å². The molecule has 2 aromatic heterocycles. The third kappa shape index (κ3) is 2.25. The van der Waals surface area contributed by atoms with Crippen molar-refractivity contribution in [3.8, 4) is 11.3 Å². The molecule has 0 amide bonds. The molecule has 1 aliphatic rings. The summed E-state index contributed by atoms with van der Waals surface area (Å²) in [5.74, 6) is 0.427. The topological polar surface area (TPSA) is 100 Å². The van der Waals surface area contributed by atoms with Gasteiger partial charge in [0, 0.05) is 23.9 Å². The first-order valence-electron chi connectivity index (χ1n) is 6.24. The summed E-state index contributed by atoms with van der Waals surface area (Å²) in [6.45, 7) is 0.531. The Morgan fingerprint density at radius 3 is 3.15 bits per heavy atom. The van der Waals surface area contributed by atoms with Gasteiger partial charge >= 0.3 is 5.97 Å². The number of carboxylic acid groups (broad SMARTS) is 1. The zero-order valence-electron chi connectivity index (χ0n) is 10.6. The maximum atomic E-state index is 10.7. The fourth-order valence-corrected chi connectivity index (χ4v) is 2.24. The van der Waals surface area contributed by atoms with Crippen molar-refractivity contribution < 1.29 is 9.90 Å². The van der Waals surface area contributed by atoms with Gasteiger partial charge in [-0.1, -0.05) is 0 Å². The highest BCUT2D eigenvalue weighted by Crippen LogP contribution is 2.32. The van der Waals surface area contributed by atoms with Crippen LogP contribution in [-0.2, 0) is 11.2 Å². The quantitative estimate of drug-likeness (QED) is 0.765. The number of hydrogen-bond donors (Lipinski definition) is 3. The molecule has 0 fully saturated rings. The van der Waals surface area contributed by atoms with Crippen LogP contribution in [0.25, 0.3) is 11.3 Å². The number of aliphatic carboxylic acids is 1. The highest BCUT2D eigenvalue weighted by Gasteiger charge is 2.19. The van der Waals surface area contributed by atoms with E-state index < -0.39 is 5.97 Å². The van der Waals surface area contributed by atoms with Crippen LogP contribution in [0.5, 0.6) is 0 Å². The molecule has 0 unspecified atom stereocenters. The minimum absolute atomic E-state index is 0.170. The largest absolute Gasteiger partial charge is 0.480 e. The summed E-state index contributed by atoms with van der Waals surface area (Å²) in [5, 5.41) is 14.8. The molecule has 102 valence electrons. The van der Waals surface area contributed by atoms with Crippen molar-refractivity contribution in [2.75, 3.05) is 23.7 Å². The molecule has 7 heteroatoms. The van der Waals surface area contributed by atoms with Crippen molar-refractivity contribution in [3.05, 3.63) is 30.2 Å². The van der Waals surface area contributed by atoms with E-state index >= 15 is 0 Å². The molecule has 0 saturated carbocycles. The monoisotopic (exact) mass is 271 g/mol. The van der Waals surface area contributed by atoms with Crippen molar-refractivity contribution in [2.45, 2.75) is 6.42 Å². The summed E-state index contributed by atoms with van der Waals surface area (Å²) < 4.78 is 0. The second kappa shape index (κ2) is 5.12. The van der Waals surface area contributed by atoms with Gasteiger partial charge in [0.05, 0.1) is 5.69 Å². The van der Waals surface area contributed by atoms with Crippen molar-refractivity contribution in [3.63, 3.8) is 0 Å². The van der Waals surface area contributed by atoms with Crippen LogP contribution >= 0.6 is 0 Å². The van der Waals surface area contributed by atoms with Gasteiger partial charge in [0.25, 0.3) is 0 Å². The number of nitrogens with one attached hydrogen (secondary N) is 2. The Bertz CT molecular complexity index is 659. The number of carboxylic acids is 1. The summed E-state index contributed by atoms with van der Waals surface area (Å²) in [6, 6.07) is 3.79. The number of hydrogen-bond acceptors (Lipinski definition) is 6. The summed E-state index contributed by atoms with van der Waals surface area (Å²) in [7, 11) is 0. The molecule has 0 aliphatic carbocycles. The first kappa shape index (κ1) is 12.3. The SMILES string of the molecule is O=C(O)CNc1ncnc2c1CCNc1ncccc1-2. The fraction of sp³-hybridized carbons (Fsp3) is 0.231. The molecule has 20 heavy (non-hydrogen) atoms. The van der Waals surface area contributed by atoms with Gasteiger partial charge in [-0.2, -0.15) is 0 Å². The third-order valence-corrected chi connectivity index (χ3v) is 3.08. The molecular weight excluding hydrogens is 258 g/mol. The first-order valence-corrected chi connectivity index (χ1v) is 6.24. The van der Waals surface area contributed by atoms with E-state index in [1.165, 1.54) is 6.33 Å². The molecule has 2 aromatic rings. The van der Waals surface area contributed by atoms with Crippen molar-refractivity contribution >= 4 is 17.6 Å². The highest BCUT2D eigenvalue weighted by molar-refractivity contribution is 5.79. The van der Waals surface area contributed by atoms with Gasteiger partial charge in [0.2, 0.25) is 0 Å². The lowest BCUT2D eigenvalue weighted by atomic mass is 10.1. The van der Waals surface area contributed by atoms with Gasteiger partial charge in [-0.3, -0.25) is 4.79 Å². The first-order chi connectivity index (χ1) is 9.75. The van der Waals surface area contributed by atoms with E-state index in [-0.39, 0.29) is 6.54 Å². The van der Waals surface area contributed by atoms with Crippen molar-refractivity contribution in [1.29, 1.82) is 0 Å². The highest BCUT2D eigenvalue weighted by atomic mass is 16.4. The summed E-state index contributed by atoms with van der Waals surface area (Å²) in [6.07, 6.45) is 3.86. The molecule has 3 N–H and O–H groups in total. The maximum Gasteiger partial charge on any atom is 0.322 e. The predicted octanol–water partition coefficient (Wildman–Crippen LogP) is 1.00. The fourth-order valence-electron chi connectivity index (χ4n) is 2.24. The number of pyridine rings is 1. The predicted molar refractivity (Wildman–Crippen MR) is 73.6 cm³/mol. The number of aromatic nitrogens is 3. The van der Waals surface area contributed by atoms with Gasteiger partial charge < -0.3 is 15.7 Å². The molecule has 0 atom stereocenters. The summed E-state index contributed by atoms with van der Waals surface area (Å²) in [4.78, 5) is 23.4. The second-order valence-corrected chi connectivity index (χ2v) is 4.37. The van der Waals surface area contributed by atoms with Crippen LogP contribution < -0.4 is 10.6 Å². The molecule has 0 saturated heterocycles. The van der Waals surface area contributed by atoms with Crippen molar-refractivity contribution in [1.82, 2.24) is 15.0 Å². The Kier molecular flexibility index (Phi) is 3.16. The standard InChI is InChI=1S/C13H13N5O2/c19-10(20)6-16-13-9-3-5-15-12-8(2-1-4-14-12)11(9)17-7-18-13/h1-2,4,7H,3,5-6H2,(H,14,15)(H,19,20)(H,16,17,18). The number of carbonyl (C=O) groups is 1. The van der Waals surface area contributed by atoms with E-state index in [0.717, 1.165) is 22.6 Å². The van der Waals surface area contributed by atoms with Crippen LogP contribution in [0.1, 0.15) is 5.56 Å². The lowest BCUT2D eigenvalue weighted by Gasteiger charge is -2.11. The van der Waals surface area contributed by atoms with E-state index in [1.807, 2.05) is 12.1 Å². The number of fused-ring (bicyclic) bond motifs is 3. The van der Waals surface area contributed by atoms with Crippen LogP contribution in [0.4, 0.5) is 11.6 Å². The Morgan fingerprint density at radius 2 is 2.30 bits per heavy atom. The van der Waals surface area contributed by atoms with E-state index in [0.29, 0.717) is 18.8 Å². The lowest BCUT2D eigenvalue weighted by molar-refractivity contribution is -0.134. The number of anilines is 2. The van der Waals surface area contributed by atoms with Gasteiger partial charge in [-0.25, -0.2) is 15.0 Å². The normalized spacial score (nSPS) is 12.6. The summed E-state index contributed by atoms with van der Waals surface area (Å²) >= 11 is 0. The molecule has 1 aliphatic heterocycles. The van der Waals surface area contributed by atoms with Crippen LogP contribution in [0, 0.1) is 0 Å². The minimum Gasteiger partial charge on any atom is -0.480 e. The molecule has 0 bridgehead atoms. The van der Waals surface area contributed by atoms with Crippen molar-refractivity contribution in [2.24, 2.45) is 0 Å². The van der Waals surface area contributed by atoms with E-state index in [2.05, 4.69) is 25.6 Å². The zero-order valence-corrected chi connectivity index (χ0v) is 10.6. The molecule has 0 spiro atoms. The smallest absolute Gasteiger partial charge is 0.322 e. The third-order valence-electron chi connectivity index (χ3n) is 3.08. The molecule has 0 aromatic carbocycles. The average Bonchev–Trinajstić information content (AvgIpc) is 2.65. The molecule has 0 radical (unpaired) electrons. The minimum atomic E-state index is -0.925. The Hall–Kier alpha value is -2.70. The number of nitrogens with zero attached hydrogens (tertiary/aromatic N) is 3. The Balaban J connectivity index is 2.06.